The first kappa shape index (κ1) is 24.7. The van der Waals surface area contributed by atoms with E-state index in [1.807, 2.05) is 26.0 Å². The monoisotopic (exact) mass is 498 g/mol. The average Bonchev–Trinajstić information content (AvgIpc) is 3.17. The Morgan fingerprint density at radius 3 is 2.51 bits per heavy atom. The molecule has 4 rings (SSSR count). The lowest BCUT2D eigenvalue weighted by Gasteiger charge is -2.39. The number of benzene rings is 2. The van der Waals surface area contributed by atoms with Gasteiger partial charge in [0.15, 0.2) is 9.84 Å². The number of para-hydroxylation sites is 2. The number of hydrogen-bond donors (Lipinski definition) is 2. The van der Waals surface area contributed by atoms with Crippen LogP contribution in [0, 0.1) is 6.92 Å². The van der Waals surface area contributed by atoms with E-state index in [4.69, 9.17) is 0 Å². The number of amides is 3. The molecule has 2 aromatic carbocycles. The molecule has 35 heavy (non-hydrogen) atoms. The van der Waals surface area contributed by atoms with Crippen LogP contribution in [0.1, 0.15) is 25.3 Å². The van der Waals surface area contributed by atoms with Gasteiger partial charge < -0.3 is 20.4 Å². The largest absolute Gasteiger partial charge is 0.348 e. The van der Waals surface area contributed by atoms with E-state index in [2.05, 4.69) is 10.6 Å². The summed E-state index contributed by atoms with van der Waals surface area (Å²) in [6.07, 6.45) is 0.257. The highest BCUT2D eigenvalue weighted by molar-refractivity contribution is 7.91. The number of carbonyl (C=O) groups excluding carboxylic acids is 3. The molecule has 2 aromatic rings. The third-order valence-electron chi connectivity index (χ3n) is 6.48. The Hall–Kier alpha value is -3.40. The Morgan fingerprint density at radius 1 is 1.14 bits per heavy atom. The highest BCUT2D eigenvalue weighted by Crippen LogP contribution is 2.33. The predicted molar refractivity (Wildman–Crippen MR) is 135 cm³/mol. The zero-order valence-electron chi connectivity index (χ0n) is 19.9. The van der Waals surface area contributed by atoms with Gasteiger partial charge in [-0.3, -0.25) is 14.4 Å². The second-order valence-electron chi connectivity index (χ2n) is 9.01. The fourth-order valence-electron chi connectivity index (χ4n) is 4.67. The van der Waals surface area contributed by atoms with Gasteiger partial charge in [0.1, 0.15) is 6.04 Å². The number of likely N-dealkylation sites (N-methyl/N-ethyl adjacent to an activating group) is 1. The van der Waals surface area contributed by atoms with E-state index in [0.29, 0.717) is 30.0 Å². The van der Waals surface area contributed by atoms with Crippen molar-refractivity contribution in [1.82, 2.24) is 4.90 Å². The van der Waals surface area contributed by atoms with Crippen LogP contribution in [0.4, 0.5) is 17.1 Å². The molecule has 2 aliphatic rings. The molecular weight excluding hydrogens is 468 g/mol. The van der Waals surface area contributed by atoms with Gasteiger partial charge in [0.2, 0.25) is 17.7 Å². The van der Waals surface area contributed by atoms with Crippen molar-refractivity contribution in [3.8, 4) is 0 Å². The molecule has 3 amide bonds. The molecule has 0 aliphatic carbocycles. The van der Waals surface area contributed by atoms with Gasteiger partial charge in [0.05, 0.1) is 35.8 Å². The van der Waals surface area contributed by atoms with Crippen LogP contribution >= 0.6 is 0 Å². The van der Waals surface area contributed by atoms with Crippen LogP contribution in [0.5, 0.6) is 0 Å². The summed E-state index contributed by atoms with van der Waals surface area (Å²) in [5.41, 5.74) is 2.89. The Balaban J connectivity index is 1.55. The molecule has 2 heterocycles. The quantitative estimate of drug-likeness (QED) is 0.605. The zero-order chi connectivity index (χ0) is 25.2. The van der Waals surface area contributed by atoms with Crippen molar-refractivity contribution < 1.29 is 22.8 Å². The normalized spacial score (nSPS) is 20.6. The maximum Gasteiger partial charge on any atom is 0.247 e. The lowest BCUT2D eigenvalue weighted by molar-refractivity contribution is -0.131. The first-order chi connectivity index (χ1) is 16.7. The number of anilines is 3. The third-order valence-corrected chi connectivity index (χ3v) is 8.23. The third kappa shape index (κ3) is 5.64. The second kappa shape index (κ2) is 10.1. The Morgan fingerprint density at radius 2 is 1.86 bits per heavy atom. The molecule has 0 bridgehead atoms. The number of nitrogens with zero attached hydrogens (tertiary/aromatic N) is 2. The van der Waals surface area contributed by atoms with Crippen molar-refractivity contribution in [3.63, 3.8) is 0 Å². The Bertz CT molecular complexity index is 1230. The second-order valence-corrected chi connectivity index (χ2v) is 11.2. The first-order valence-electron chi connectivity index (χ1n) is 11.7. The van der Waals surface area contributed by atoms with Crippen molar-refractivity contribution in [1.29, 1.82) is 0 Å². The van der Waals surface area contributed by atoms with Crippen LogP contribution in [0.2, 0.25) is 0 Å². The smallest absolute Gasteiger partial charge is 0.247 e. The van der Waals surface area contributed by atoms with E-state index < -0.39 is 15.9 Å². The van der Waals surface area contributed by atoms with Gasteiger partial charge in [-0.1, -0.05) is 29.8 Å². The summed E-state index contributed by atoms with van der Waals surface area (Å²) in [4.78, 5) is 42.5. The summed E-state index contributed by atoms with van der Waals surface area (Å²) in [5.74, 6) is -0.977. The average molecular weight is 499 g/mol. The number of aryl methyl sites for hydroxylation is 1. The number of nitrogens with one attached hydrogen (secondary N) is 2. The molecule has 0 spiro atoms. The van der Waals surface area contributed by atoms with Gasteiger partial charge >= 0.3 is 0 Å². The van der Waals surface area contributed by atoms with Gasteiger partial charge in [0.25, 0.3) is 0 Å². The lowest BCUT2D eigenvalue weighted by Crippen LogP contribution is -2.54. The minimum atomic E-state index is -3.16. The summed E-state index contributed by atoms with van der Waals surface area (Å²) in [6.45, 7) is 3.98. The fraction of sp³-hybridized carbons (Fsp3) is 0.400. The highest BCUT2D eigenvalue weighted by atomic mass is 32.2. The number of hydrogen-bond acceptors (Lipinski definition) is 6. The van der Waals surface area contributed by atoms with Crippen LogP contribution in [-0.2, 0) is 24.2 Å². The van der Waals surface area contributed by atoms with Crippen molar-refractivity contribution in [2.75, 3.05) is 40.1 Å². The van der Waals surface area contributed by atoms with Crippen molar-refractivity contribution in [3.05, 3.63) is 54.1 Å². The molecule has 0 radical (unpaired) electrons. The summed E-state index contributed by atoms with van der Waals surface area (Å²) < 4.78 is 24.0. The molecule has 0 aromatic heterocycles. The van der Waals surface area contributed by atoms with Gasteiger partial charge in [-0.2, -0.15) is 0 Å². The summed E-state index contributed by atoms with van der Waals surface area (Å²) in [6, 6.07) is 13.2. The number of rotatable bonds is 7. The highest BCUT2D eigenvalue weighted by Gasteiger charge is 2.38. The molecule has 0 saturated carbocycles. The van der Waals surface area contributed by atoms with Gasteiger partial charge in [0, 0.05) is 18.3 Å². The van der Waals surface area contributed by atoms with Crippen molar-refractivity contribution >= 4 is 44.6 Å². The summed E-state index contributed by atoms with van der Waals surface area (Å²) in [5, 5.41) is 5.65. The fourth-order valence-corrected chi connectivity index (χ4v) is 6.40. The van der Waals surface area contributed by atoms with Crippen molar-refractivity contribution in [2.45, 2.75) is 38.8 Å². The Kier molecular flexibility index (Phi) is 7.11. The van der Waals surface area contributed by atoms with Crippen molar-refractivity contribution in [2.24, 2.45) is 0 Å². The Labute approximate surface area is 205 Å². The van der Waals surface area contributed by atoms with E-state index in [0.717, 1.165) is 5.56 Å². The predicted octanol–water partition coefficient (Wildman–Crippen LogP) is 2.19. The van der Waals surface area contributed by atoms with E-state index in [1.54, 1.807) is 46.2 Å². The molecule has 9 nitrogen and oxygen atoms in total. The first-order valence-corrected chi connectivity index (χ1v) is 13.5. The molecule has 1 fully saturated rings. The molecular formula is C25H30N4O5S. The van der Waals surface area contributed by atoms with E-state index in [1.165, 1.54) is 0 Å². The maximum atomic E-state index is 13.4. The van der Waals surface area contributed by atoms with E-state index in [9.17, 15) is 22.8 Å². The van der Waals surface area contributed by atoms with Crippen LogP contribution in [0.15, 0.2) is 48.5 Å². The summed E-state index contributed by atoms with van der Waals surface area (Å²) in [7, 11) is -3.16. The standard InChI is InChI=1S/C25H30N4O5S/c1-3-28(19-12-13-35(33,34)16-19)24(31)15-29-21-7-5-4-6-20(21)27-25(32)22(29)14-23(30)26-18-10-8-17(2)9-11-18/h4-11,19,22H,3,12-16H2,1-2H3,(H,26,30)(H,27,32)/t19-,22+/m0/s1. The number of carbonyl (C=O) groups is 3. The minimum Gasteiger partial charge on any atom is -0.348 e. The molecule has 1 saturated heterocycles. The molecule has 0 unspecified atom stereocenters. The lowest BCUT2D eigenvalue weighted by atomic mass is 10.0. The van der Waals surface area contributed by atoms with E-state index in [-0.39, 0.29) is 48.2 Å². The van der Waals surface area contributed by atoms with Crippen LogP contribution < -0.4 is 15.5 Å². The molecule has 2 N–H and O–H groups in total. The van der Waals surface area contributed by atoms with Crippen LogP contribution in [0.3, 0.4) is 0 Å². The van der Waals surface area contributed by atoms with Crippen LogP contribution in [-0.4, -0.2) is 67.7 Å². The van der Waals surface area contributed by atoms with Crippen LogP contribution in [0.25, 0.3) is 0 Å². The topological polar surface area (TPSA) is 116 Å². The zero-order valence-corrected chi connectivity index (χ0v) is 20.7. The number of fused-ring (bicyclic) bond motifs is 1. The van der Waals surface area contributed by atoms with Gasteiger partial charge in [-0.25, -0.2) is 8.42 Å². The van der Waals surface area contributed by atoms with E-state index >= 15 is 0 Å². The molecule has 186 valence electrons. The molecule has 2 aliphatic heterocycles. The SMILES string of the molecule is CCN(C(=O)CN1c2ccccc2NC(=O)[C@H]1CC(=O)Nc1ccc(C)cc1)[C@H]1CCS(=O)(=O)C1. The van der Waals surface area contributed by atoms with Gasteiger partial charge in [-0.05, 0) is 44.5 Å². The maximum absolute atomic E-state index is 13.4. The minimum absolute atomic E-state index is 0.0496. The summed E-state index contributed by atoms with van der Waals surface area (Å²) >= 11 is 0. The van der Waals surface area contributed by atoms with Gasteiger partial charge in [-0.15, -0.1) is 0 Å². The number of sulfone groups is 1. The molecule has 10 heteroatoms. The molecule has 2 atom stereocenters.